The third-order valence-electron chi connectivity index (χ3n) is 1.04. The first-order valence-electron chi connectivity index (χ1n) is 2.88. The van der Waals surface area contributed by atoms with Crippen molar-refractivity contribution in [2.75, 3.05) is 14.1 Å². The lowest BCUT2D eigenvalue weighted by Gasteiger charge is -2.14. The monoisotopic (exact) mass is 132 g/mol. The zero-order valence-corrected chi connectivity index (χ0v) is 6.06. The summed E-state index contributed by atoms with van der Waals surface area (Å²) in [6.45, 7) is 1.49. The number of nitrogens with one attached hydrogen (secondary N) is 1. The van der Waals surface area contributed by atoms with Crippen molar-refractivity contribution in [3.05, 3.63) is 12.4 Å². The lowest BCUT2D eigenvalue weighted by atomic mass is 10.6. The Labute approximate surface area is 55.3 Å². The van der Waals surface area contributed by atoms with Gasteiger partial charge in [-0.05, 0) is 6.92 Å². The molecular formula is C6H13FN2. The number of hydrogen-bond donors (Lipinski definition) is 1. The molecule has 1 atom stereocenters. The summed E-state index contributed by atoms with van der Waals surface area (Å²) in [4.78, 5) is 1.47. The van der Waals surface area contributed by atoms with Crippen LogP contribution in [0.5, 0.6) is 0 Å². The van der Waals surface area contributed by atoms with Crippen LogP contribution in [0, 0.1) is 0 Å². The molecule has 0 rings (SSSR count). The highest BCUT2D eigenvalue weighted by Crippen LogP contribution is 1.94. The van der Waals surface area contributed by atoms with Gasteiger partial charge in [-0.1, -0.05) is 0 Å². The van der Waals surface area contributed by atoms with Gasteiger partial charge in [0, 0.05) is 26.5 Å². The van der Waals surface area contributed by atoms with Crippen molar-refractivity contribution in [3.63, 3.8) is 0 Å². The van der Waals surface area contributed by atoms with Crippen LogP contribution in [0.3, 0.4) is 0 Å². The molecule has 0 heterocycles. The molecule has 0 saturated carbocycles. The van der Waals surface area contributed by atoms with Crippen molar-refractivity contribution in [1.29, 1.82) is 0 Å². The van der Waals surface area contributed by atoms with Crippen LogP contribution in [0.2, 0.25) is 0 Å². The minimum atomic E-state index is -0.922. The Morgan fingerprint density at radius 2 is 2.22 bits per heavy atom. The van der Waals surface area contributed by atoms with E-state index in [0.717, 1.165) is 0 Å². The molecule has 0 aliphatic rings. The largest absolute Gasteiger partial charge is 0.393 e. The molecule has 0 spiro atoms. The molecule has 9 heavy (non-hydrogen) atoms. The molecule has 54 valence electrons. The van der Waals surface area contributed by atoms with Gasteiger partial charge in [-0.15, -0.1) is 0 Å². The normalized spacial score (nSPS) is 13.8. The molecule has 0 aliphatic heterocycles. The van der Waals surface area contributed by atoms with Gasteiger partial charge in [0.15, 0.2) is 6.30 Å². The van der Waals surface area contributed by atoms with E-state index in [1.807, 2.05) is 0 Å². The number of halogens is 1. The van der Waals surface area contributed by atoms with Gasteiger partial charge in [-0.3, -0.25) is 0 Å². The van der Waals surface area contributed by atoms with E-state index in [1.54, 1.807) is 26.5 Å². The zero-order valence-electron chi connectivity index (χ0n) is 6.06. The SMILES string of the molecule is CN/C=C\N(C)C(C)F. The average molecular weight is 132 g/mol. The van der Waals surface area contributed by atoms with E-state index in [1.165, 1.54) is 11.8 Å². The molecule has 0 saturated heterocycles. The molecule has 0 aromatic rings. The van der Waals surface area contributed by atoms with E-state index >= 15 is 0 Å². The second-order valence-electron chi connectivity index (χ2n) is 1.84. The van der Waals surface area contributed by atoms with Crippen LogP contribution >= 0.6 is 0 Å². The molecule has 0 aromatic heterocycles. The van der Waals surface area contributed by atoms with Crippen molar-refractivity contribution >= 4 is 0 Å². The number of rotatable bonds is 3. The summed E-state index contributed by atoms with van der Waals surface area (Å²) in [5.41, 5.74) is 0. The van der Waals surface area contributed by atoms with Gasteiger partial charge in [-0.2, -0.15) is 0 Å². The number of hydrogen-bond acceptors (Lipinski definition) is 2. The highest BCUT2D eigenvalue weighted by atomic mass is 19.1. The van der Waals surface area contributed by atoms with Crippen molar-refractivity contribution in [2.24, 2.45) is 0 Å². The lowest BCUT2D eigenvalue weighted by Crippen LogP contribution is -2.19. The summed E-state index contributed by atoms with van der Waals surface area (Å²) in [5, 5.41) is 2.76. The van der Waals surface area contributed by atoms with E-state index < -0.39 is 6.30 Å². The molecule has 0 bridgehead atoms. The molecule has 3 heteroatoms. The number of alkyl halides is 1. The van der Waals surface area contributed by atoms with Gasteiger partial charge in [0.05, 0.1) is 0 Å². The molecule has 0 aliphatic carbocycles. The van der Waals surface area contributed by atoms with E-state index in [4.69, 9.17) is 0 Å². The quantitative estimate of drug-likeness (QED) is 0.574. The fourth-order valence-corrected chi connectivity index (χ4v) is 0.311. The Morgan fingerprint density at radius 1 is 1.67 bits per heavy atom. The first kappa shape index (κ1) is 8.27. The van der Waals surface area contributed by atoms with E-state index in [-0.39, 0.29) is 0 Å². The summed E-state index contributed by atoms with van der Waals surface area (Å²) in [5.74, 6) is 0. The second-order valence-corrected chi connectivity index (χ2v) is 1.84. The van der Waals surface area contributed by atoms with Crippen molar-refractivity contribution < 1.29 is 4.39 Å². The van der Waals surface area contributed by atoms with Crippen molar-refractivity contribution in [2.45, 2.75) is 13.2 Å². The summed E-state index contributed by atoms with van der Waals surface area (Å²) in [6.07, 6.45) is 2.40. The van der Waals surface area contributed by atoms with Gasteiger partial charge in [0.25, 0.3) is 0 Å². The topological polar surface area (TPSA) is 15.3 Å². The van der Waals surface area contributed by atoms with Gasteiger partial charge in [0.1, 0.15) is 0 Å². The van der Waals surface area contributed by atoms with Gasteiger partial charge in [-0.25, -0.2) is 4.39 Å². The van der Waals surface area contributed by atoms with Crippen LogP contribution in [-0.4, -0.2) is 25.3 Å². The predicted octanol–water partition coefficient (Wildman–Crippen LogP) is 0.924. The Hall–Kier alpha value is -0.730. The zero-order chi connectivity index (χ0) is 7.28. The fourth-order valence-electron chi connectivity index (χ4n) is 0.311. The fraction of sp³-hybridized carbons (Fsp3) is 0.667. The predicted molar refractivity (Wildman–Crippen MR) is 36.5 cm³/mol. The van der Waals surface area contributed by atoms with Crippen molar-refractivity contribution in [1.82, 2.24) is 10.2 Å². The summed E-state index contributed by atoms with van der Waals surface area (Å²) < 4.78 is 12.3. The van der Waals surface area contributed by atoms with Crippen LogP contribution in [-0.2, 0) is 0 Å². The average Bonchev–Trinajstić information content (AvgIpc) is 1.82. The number of nitrogens with zero attached hydrogens (tertiary/aromatic N) is 1. The minimum Gasteiger partial charge on any atom is -0.393 e. The maximum atomic E-state index is 12.3. The van der Waals surface area contributed by atoms with Crippen LogP contribution in [0.1, 0.15) is 6.92 Å². The minimum absolute atomic E-state index is 0.922. The van der Waals surface area contributed by atoms with Crippen LogP contribution < -0.4 is 5.32 Å². The Kier molecular flexibility index (Phi) is 3.84. The highest BCUT2D eigenvalue weighted by Gasteiger charge is 1.97. The van der Waals surface area contributed by atoms with Crippen LogP contribution in [0.4, 0.5) is 4.39 Å². The Balaban J connectivity index is 3.48. The smallest absolute Gasteiger partial charge is 0.169 e. The lowest BCUT2D eigenvalue weighted by molar-refractivity contribution is 0.179. The molecule has 0 aromatic carbocycles. The van der Waals surface area contributed by atoms with Gasteiger partial charge >= 0.3 is 0 Å². The first-order valence-corrected chi connectivity index (χ1v) is 2.88. The summed E-state index contributed by atoms with van der Waals surface area (Å²) >= 11 is 0. The van der Waals surface area contributed by atoms with Crippen LogP contribution in [0.25, 0.3) is 0 Å². The molecule has 0 radical (unpaired) electrons. The standard InChI is InChI=1S/C6H13FN2/c1-6(7)9(3)5-4-8-2/h4-6,8H,1-3H3/b5-4-. The van der Waals surface area contributed by atoms with E-state index in [0.29, 0.717) is 0 Å². The van der Waals surface area contributed by atoms with E-state index in [2.05, 4.69) is 5.32 Å². The summed E-state index contributed by atoms with van der Waals surface area (Å²) in [6, 6.07) is 0. The molecule has 0 fully saturated rings. The van der Waals surface area contributed by atoms with Gasteiger partial charge < -0.3 is 10.2 Å². The third-order valence-corrected chi connectivity index (χ3v) is 1.04. The first-order chi connectivity index (χ1) is 4.18. The molecule has 1 N–H and O–H groups in total. The highest BCUT2D eigenvalue weighted by molar-refractivity contribution is 4.77. The second kappa shape index (κ2) is 4.18. The third kappa shape index (κ3) is 3.82. The molecule has 0 amide bonds. The molecular weight excluding hydrogens is 119 g/mol. The maximum absolute atomic E-state index is 12.3. The molecule has 1 unspecified atom stereocenters. The van der Waals surface area contributed by atoms with Gasteiger partial charge in [0.2, 0.25) is 0 Å². The maximum Gasteiger partial charge on any atom is 0.169 e. The summed E-state index contributed by atoms with van der Waals surface area (Å²) in [7, 11) is 3.45. The molecule has 2 nitrogen and oxygen atoms in total. The van der Waals surface area contributed by atoms with E-state index in [9.17, 15) is 4.39 Å². The van der Waals surface area contributed by atoms with Crippen molar-refractivity contribution in [3.8, 4) is 0 Å². The Bertz CT molecular complexity index is 91.1. The van der Waals surface area contributed by atoms with Crippen LogP contribution in [0.15, 0.2) is 12.4 Å². The Morgan fingerprint density at radius 3 is 2.56 bits per heavy atom.